The highest BCUT2D eigenvalue weighted by atomic mass is 35.5. The van der Waals surface area contributed by atoms with Gasteiger partial charge in [-0.25, -0.2) is 13.2 Å². The topological polar surface area (TPSA) is 96.0 Å². The largest absolute Gasteiger partial charge is 0.444 e. The molecule has 1 aliphatic heterocycles. The van der Waals surface area contributed by atoms with Gasteiger partial charge in [0.2, 0.25) is 10.0 Å². The summed E-state index contributed by atoms with van der Waals surface area (Å²) in [5.74, 6) is -0.278. The lowest BCUT2D eigenvalue weighted by Crippen LogP contribution is -2.47. The lowest BCUT2D eigenvalue weighted by atomic mass is 10.00. The number of nitrogens with zero attached hydrogens (tertiary/aromatic N) is 2. The first kappa shape index (κ1) is 30.1. The molecule has 1 atom stereocenters. The number of ether oxygens (including phenoxy) is 1. The molecular formula is C27H35Cl2N3O5S. The van der Waals surface area contributed by atoms with Crippen LogP contribution in [0.25, 0.3) is 0 Å². The smallest absolute Gasteiger partial charge is 0.410 e. The fourth-order valence-corrected chi connectivity index (χ4v) is 5.58. The molecule has 3 rings (SSSR count). The Labute approximate surface area is 235 Å². The number of amides is 2. The van der Waals surface area contributed by atoms with Gasteiger partial charge in [-0.1, -0.05) is 35.3 Å². The summed E-state index contributed by atoms with van der Waals surface area (Å²) in [7, 11) is -3.64. The number of benzene rings is 2. The van der Waals surface area contributed by atoms with E-state index in [1.807, 2.05) is 20.8 Å². The highest BCUT2D eigenvalue weighted by molar-refractivity contribution is 7.92. The molecular weight excluding hydrogens is 549 g/mol. The molecule has 2 aromatic carbocycles. The number of hydrogen-bond donors (Lipinski definition) is 1. The summed E-state index contributed by atoms with van der Waals surface area (Å²) in [5, 5.41) is 3.54. The Morgan fingerprint density at radius 1 is 1.11 bits per heavy atom. The number of sulfonamides is 1. The Morgan fingerprint density at radius 2 is 1.79 bits per heavy atom. The molecule has 208 valence electrons. The zero-order chi connectivity index (χ0) is 28.1. The van der Waals surface area contributed by atoms with E-state index in [0.717, 1.165) is 25.5 Å². The number of halogens is 2. The van der Waals surface area contributed by atoms with Gasteiger partial charge in [0.1, 0.15) is 5.60 Å². The minimum Gasteiger partial charge on any atom is -0.444 e. The molecule has 1 N–H and O–H groups in total. The number of nitrogens with one attached hydrogen (secondary N) is 1. The van der Waals surface area contributed by atoms with Crippen LogP contribution in [0.1, 0.15) is 62.4 Å². The third kappa shape index (κ3) is 8.25. The number of piperidine rings is 1. The normalized spacial score (nSPS) is 16.2. The van der Waals surface area contributed by atoms with Crippen molar-refractivity contribution in [3.8, 4) is 0 Å². The van der Waals surface area contributed by atoms with Gasteiger partial charge < -0.3 is 15.0 Å². The first-order valence-corrected chi connectivity index (χ1v) is 15.1. The van der Waals surface area contributed by atoms with Crippen molar-refractivity contribution in [1.82, 2.24) is 10.2 Å². The fourth-order valence-electron chi connectivity index (χ4n) is 4.32. The molecule has 0 aromatic heterocycles. The summed E-state index contributed by atoms with van der Waals surface area (Å²) in [6, 6.07) is 11.4. The van der Waals surface area contributed by atoms with E-state index in [0.29, 0.717) is 46.4 Å². The van der Waals surface area contributed by atoms with Crippen molar-refractivity contribution in [3.63, 3.8) is 0 Å². The van der Waals surface area contributed by atoms with E-state index in [1.54, 1.807) is 47.4 Å². The van der Waals surface area contributed by atoms with Gasteiger partial charge in [0.15, 0.2) is 0 Å². The fraction of sp³-hybridized carbons (Fsp3) is 0.481. The lowest BCUT2D eigenvalue weighted by molar-refractivity contribution is 0.00901. The summed E-state index contributed by atoms with van der Waals surface area (Å²) >= 11 is 12.3. The predicted molar refractivity (Wildman–Crippen MR) is 151 cm³/mol. The van der Waals surface area contributed by atoms with Gasteiger partial charge in [-0.05, 0) is 82.3 Å². The van der Waals surface area contributed by atoms with Crippen LogP contribution in [0.4, 0.5) is 10.5 Å². The standard InChI is InChI=1S/C27H35Cl2N3O5S/c1-27(2,3)37-26(34)31-17-6-5-9-21(31)15-16-30-25(33)19-11-13-22(14-12-19)32(38(4,35)36)18-20-8-7-10-23(28)24(20)29/h7-8,10-14,21H,5-6,9,15-18H2,1-4H3,(H,30,33). The first-order chi connectivity index (χ1) is 17.8. The number of anilines is 1. The van der Waals surface area contributed by atoms with Crippen LogP contribution in [-0.4, -0.2) is 56.3 Å². The lowest BCUT2D eigenvalue weighted by Gasteiger charge is -2.36. The van der Waals surface area contributed by atoms with E-state index < -0.39 is 15.6 Å². The second-order valence-electron chi connectivity index (χ2n) is 10.4. The quantitative estimate of drug-likeness (QED) is 0.419. The van der Waals surface area contributed by atoms with Crippen LogP contribution in [0.15, 0.2) is 42.5 Å². The molecule has 0 bridgehead atoms. The average Bonchev–Trinajstić information content (AvgIpc) is 2.83. The van der Waals surface area contributed by atoms with Gasteiger partial charge in [-0.15, -0.1) is 0 Å². The minimum absolute atomic E-state index is 0.000688. The Bertz CT molecular complexity index is 1250. The van der Waals surface area contributed by atoms with Crippen LogP contribution in [-0.2, 0) is 21.3 Å². The van der Waals surface area contributed by atoms with Crippen LogP contribution in [0.3, 0.4) is 0 Å². The van der Waals surface area contributed by atoms with E-state index >= 15 is 0 Å². The molecule has 0 aliphatic carbocycles. The van der Waals surface area contributed by atoms with Crippen LogP contribution in [0, 0.1) is 0 Å². The zero-order valence-corrected chi connectivity index (χ0v) is 24.5. The molecule has 2 aromatic rings. The van der Waals surface area contributed by atoms with E-state index in [2.05, 4.69) is 5.32 Å². The van der Waals surface area contributed by atoms with Crippen molar-refractivity contribution in [2.45, 2.75) is 64.6 Å². The average molecular weight is 585 g/mol. The molecule has 0 spiro atoms. The van der Waals surface area contributed by atoms with E-state index in [9.17, 15) is 18.0 Å². The molecule has 0 radical (unpaired) electrons. The first-order valence-electron chi connectivity index (χ1n) is 12.5. The van der Waals surface area contributed by atoms with Crippen molar-refractivity contribution >= 4 is 50.9 Å². The molecule has 1 aliphatic rings. The predicted octanol–water partition coefficient (Wildman–Crippen LogP) is 5.87. The van der Waals surface area contributed by atoms with Crippen molar-refractivity contribution in [1.29, 1.82) is 0 Å². The third-order valence-electron chi connectivity index (χ3n) is 6.18. The number of carbonyl (C=O) groups is 2. The monoisotopic (exact) mass is 583 g/mol. The molecule has 1 fully saturated rings. The van der Waals surface area contributed by atoms with E-state index in [1.165, 1.54) is 4.31 Å². The van der Waals surface area contributed by atoms with Crippen LogP contribution in [0.5, 0.6) is 0 Å². The van der Waals surface area contributed by atoms with Gasteiger partial charge in [-0.2, -0.15) is 0 Å². The molecule has 1 saturated heterocycles. The highest BCUT2D eigenvalue weighted by Crippen LogP contribution is 2.29. The second-order valence-corrected chi connectivity index (χ2v) is 13.1. The molecule has 1 heterocycles. The Kier molecular flexibility index (Phi) is 9.95. The van der Waals surface area contributed by atoms with Crippen molar-refractivity contribution < 1.29 is 22.7 Å². The minimum atomic E-state index is -3.64. The summed E-state index contributed by atoms with van der Waals surface area (Å²) in [5.41, 5.74) is 0.799. The van der Waals surface area contributed by atoms with Gasteiger partial charge in [0, 0.05) is 24.7 Å². The number of carbonyl (C=O) groups excluding carboxylic acids is 2. The van der Waals surface area contributed by atoms with E-state index in [-0.39, 0.29) is 24.6 Å². The molecule has 2 amide bonds. The maximum Gasteiger partial charge on any atom is 0.410 e. The summed E-state index contributed by atoms with van der Waals surface area (Å²) in [6.45, 7) is 6.57. The number of rotatable bonds is 8. The highest BCUT2D eigenvalue weighted by Gasteiger charge is 2.30. The van der Waals surface area contributed by atoms with Gasteiger partial charge in [0.25, 0.3) is 5.91 Å². The van der Waals surface area contributed by atoms with Gasteiger partial charge in [0.05, 0.1) is 28.5 Å². The molecule has 38 heavy (non-hydrogen) atoms. The van der Waals surface area contributed by atoms with Crippen LogP contribution < -0.4 is 9.62 Å². The Morgan fingerprint density at radius 3 is 2.42 bits per heavy atom. The third-order valence-corrected chi connectivity index (χ3v) is 8.18. The van der Waals surface area contributed by atoms with Crippen molar-refractivity contribution in [3.05, 3.63) is 63.6 Å². The SMILES string of the molecule is CC(C)(C)OC(=O)N1CCCCC1CCNC(=O)c1ccc(N(Cc2cccc(Cl)c2Cl)S(C)(=O)=O)cc1. The van der Waals surface area contributed by atoms with Crippen LogP contribution >= 0.6 is 23.2 Å². The zero-order valence-electron chi connectivity index (χ0n) is 22.2. The maximum absolute atomic E-state index is 12.8. The van der Waals surface area contributed by atoms with Crippen molar-refractivity contribution in [2.24, 2.45) is 0 Å². The number of hydrogen-bond acceptors (Lipinski definition) is 5. The van der Waals surface area contributed by atoms with E-state index in [4.69, 9.17) is 27.9 Å². The van der Waals surface area contributed by atoms with Gasteiger partial charge >= 0.3 is 6.09 Å². The van der Waals surface area contributed by atoms with Gasteiger partial charge in [-0.3, -0.25) is 9.10 Å². The van der Waals surface area contributed by atoms with Crippen LogP contribution in [0.2, 0.25) is 10.0 Å². The molecule has 11 heteroatoms. The molecule has 8 nitrogen and oxygen atoms in total. The summed E-state index contributed by atoms with van der Waals surface area (Å²) in [4.78, 5) is 27.1. The molecule has 0 saturated carbocycles. The summed E-state index contributed by atoms with van der Waals surface area (Å²) in [6.07, 6.45) is 4.22. The number of likely N-dealkylation sites (tertiary alicyclic amines) is 1. The Hall–Kier alpha value is -2.49. The maximum atomic E-state index is 12.8. The summed E-state index contributed by atoms with van der Waals surface area (Å²) < 4.78 is 31.8. The van der Waals surface area contributed by atoms with Crippen molar-refractivity contribution in [2.75, 3.05) is 23.7 Å². The molecule has 1 unspecified atom stereocenters. The Balaban J connectivity index is 1.62. The second kappa shape index (κ2) is 12.6.